The zero-order valence-corrected chi connectivity index (χ0v) is 11.4. The largest absolute Gasteiger partial charge is 0.416 e. The van der Waals surface area contributed by atoms with E-state index in [0.29, 0.717) is 11.8 Å². The monoisotopic (exact) mass is 302 g/mol. The first kappa shape index (κ1) is 15.5. The van der Waals surface area contributed by atoms with E-state index in [0.717, 1.165) is 17.8 Å². The van der Waals surface area contributed by atoms with Crippen LogP contribution < -0.4 is 0 Å². The van der Waals surface area contributed by atoms with Gasteiger partial charge in [-0.2, -0.15) is 18.3 Å². The van der Waals surface area contributed by atoms with Crippen molar-refractivity contribution in [1.82, 2.24) is 9.78 Å². The summed E-state index contributed by atoms with van der Waals surface area (Å²) in [7, 11) is 1.67. The van der Waals surface area contributed by atoms with Gasteiger partial charge in [-0.3, -0.25) is 4.68 Å². The van der Waals surface area contributed by atoms with Crippen molar-refractivity contribution in [2.45, 2.75) is 25.6 Å². The van der Waals surface area contributed by atoms with Gasteiger partial charge in [-0.1, -0.05) is 0 Å². The lowest BCUT2D eigenvalue weighted by molar-refractivity contribution is -0.137. The van der Waals surface area contributed by atoms with E-state index in [-0.39, 0.29) is 12.0 Å². The Kier molecular flexibility index (Phi) is 4.04. The molecule has 0 amide bonds. The molecule has 1 aromatic heterocycles. The van der Waals surface area contributed by atoms with E-state index >= 15 is 0 Å². The maximum Gasteiger partial charge on any atom is 0.416 e. The summed E-state index contributed by atoms with van der Waals surface area (Å²) in [4.78, 5) is 0. The lowest BCUT2D eigenvalue weighted by atomic mass is 10.0. The van der Waals surface area contributed by atoms with Crippen LogP contribution in [0.3, 0.4) is 0 Å². The van der Waals surface area contributed by atoms with Gasteiger partial charge >= 0.3 is 6.18 Å². The summed E-state index contributed by atoms with van der Waals surface area (Å²) in [5.74, 6) is -1.03. The average molecular weight is 302 g/mol. The predicted molar refractivity (Wildman–Crippen MR) is 68.0 cm³/mol. The van der Waals surface area contributed by atoms with Gasteiger partial charge in [0.15, 0.2) is 0 Å². The van der Waals surface area contributed by atoms with Gasteiger partial charge in [-0.05, 0) is 36.8 Å². The highest BCUT2D eigenvalue weighted by molar-refractivity contribution is 5.29. The number of aliphatic hydroxyl groups is 1. The molecule has 3 nitrogen and oxygen atoms in total. The summed E-state index contributed by atoms with van der Waals surface area (Å²) in [6.07, 6.45) is -5.84. The number of hydrogen-bond donors (Lipinski definition) is 1. The van der Waals surface area contributed by atoms with Crippen molar-refractivity contribution < 1.29 is 22.7 Å². The SMILES string of the molecule is Cc1cc(CC(O)c2cc(F)cc(C(F)(F)F)c2)n(C)n1. The van der Waals surface area contributed by atoms with E-state index in [1.807, 2.05) is 0 Å². The van der Waals surface area contributed by atoms with Gasteiger partial charge in [-0.15, -0.1) is 0 Å². The maximum absolute atomic E-state index is 13.3. The molecule has 1 aromatic carbocycles. The van der Waals surface area contributed by atoms with Crippen molar-refractivity contribution in [3.63, 3.8) is 0 Å². The molecule has 0 radical (unpaired) electrons. The Bertz CT molecular complexity index is 649. The van der Waals surface area contributed by atoms with Crippen LogP contribution in [0.1, 0.15) is 28.6 Å². The number of alkyl halides is 3. The van der Waals surface area contributed by atoms with Crippen LogP contribution in [-0.2, 0) is 19.6 Å². The summed E-state index contributed by atoms with van der Waals surface area (Å²) in [6, 6.07) is 3.79. The van der Waals surface area contributed by atoms with Crippen LogP contribution in [0.5, 0.6) is 0 Å². The highest BCUT2D eigenvalue weighted by atomic mass is 19.4. The van der Waals surface area contributed by atoms with Gasteiger partial charge < -0.3 is 5.11 Å². The van der Waals surface area contributed by atoms with E-state index in [1.165, 1.54) is 4.68 Å². The summed E-state index contributed by atoms with van der Waals surface area (Å²) >= 11 is 0. The Labute approximate surface area is 118 Å². The van der Waals surface area contributed by atoms with Gasteiger partial charge in [0, 0.05) is 19.2 Å². The minimum Gasteiger partial charge on any atom is -0.388 e. The molecule has 0 spiro atoms. The fraction of sp³-hybridized carbons (Fsp3) is 0.357. The topological polar surface area (TPSA) is 38.0 Å². The number of aromatic nitrogens is 2. The molecule has 0 aliphatic rings. The Balaban J connectivity index is 2.29. The first-order valence-corrected chi connectivity index (χ1v) is 6.22. The first-order chi connectivity index (χ1) is 9.66. The number of benzene rings is 1. The van der Waals surface area contributed by atoms with Crippen molar-refractivity contribution in [2.24, 2.45) is 7.05 Å². The Hall–Kier alpha value is -1.89. The fourth-order valence-electron chi connectivity index (χ4n) is 2.14. The molecule has 0 saturated heterocycles. The number of nitrogens with zero attached hydrogens (tertiary/aromatic N) is 2. The highest BCUT2D eigenvalue weighted by Gasteiger charge is 2.32. The van der Waals surface area contributed by atoms with Crippen molar-refractivity contribution >= 4 is 0 Å². The van der Waals surface area contributed by atoms with Gasteiger partial charge in [0.25, 0.3) is 0 Å². The molecule has 0 aliphatic carbocycles. The fourth-order valence-corrected chi connectivity index (χ4v) is 2.14. The third kappa shape index (κ3) is 3.60. The highest BCUT2D eigenvalue weighted by Crippen LogP contribution is 2.32. The molecule has 114 valence electrons. The Morgan fingerprint density at radius 1 is 1.24 bits per heavy atom. The maximum atomic E-state index is 13.3. The van der Waals surface area contributed by atoms with E-state index < -0.39 is 23.7 Å². The molecule has 0 saturated carbocycles. The van der Waals surface area contributed by atoms with Crippen LogP contribution in [0.25, 0.3) is 0 Å². The molecule has 0 bridgehead atoms. The molecule has 21 heavy (non-hydrogen) atoms. The summed E-state index contributed by atoms with van der Waals surface area (Å²) in [6.45, 7) is 1.76. The van der Waals surface area contributed by atoms with Gasteiger partial charge in [0.1, 0.15) is 5.82 Å². The zero-order chi connectivity index (χ0) is 15.8. The summed E-state index contributed by atoms with van der Waals surface area (Å²) in [5.41, 5.74) is 0.159. The number of hydrogen-bond acceptors (Lipinski definition) is 2. The number of halogens is 4. The molecule has 0 aliphatic heterocycles. The average Bonchev–Trinajstić information content (AvgIpc) is 2.66. The van der Waals surface area contributed by atoms with Crippen molar-refractivity contribution in [1.29, 1.82) is 0 Å². The van der Waals surface area contributed by atoms with Crippen LogP contribution in [-0.4, -0.2) is 14.9 Å². The normalized spacial score (nSPS) is 13.5. The second-order valence-corrected chi connectivity index (χ2v) is 4.89. The van der Waals surface area contributed by atoms with Crippen molar-refractivity contribution in [3.05, 3.63) is 52.6 Å². The lowest BCUT2D eigenvalue weighted by Gasteiger charge is -2.14. The summed E-state index contributed by atoms with van der Waals surface area (Å²) in [5, 5.41) is 14.1. The second kappa shape index (κ2) is 5.48. The molecular weight excluding hydrogens is 288 g/mol. The molecule has 2 aromatic rings. The molecule has 1 heterocycles. The molecule has 2 rings (SSSR count). The van der Waals surface area contributed by atoms with Crippen LogP contribution in [0.4, 0.5) is 17.6 Å². The molecular formula is C14H14F4N2O. The molecule has 0 fully saturated rings. The lowest BCUT2D eigenvalue weighted by Crippen LogP contribution is -2.10. The summed E-state index contributed by atoms with van der Waals surface area (Å²) < 4.78 is 52.8. The van der Waals surface area contributed by atoms with Crippen molar-refractivity contribution in [2.75, 3.05) is 0 Å². The number of rotatable bonds is 3. The van der Waals surface area contributed by atoms with E-state index in [9.17, 15) is 22.7 Å². The molecule has 1 unspecified atom stereocenters. The van der Waals surface area contributed by atoms with Crippen LogP contribution >= 0.6 is 0 Å². The van der Waals surface area contributed by atoms with E-state index in [1.54, 1.807) is 20.0 Å². The minimum absolute atomic E-state index is 0.0537. The Morgan fingerprint density at radius 2 is 1.90 bits per heavy atom. The molecule has 1 N–H and O–H groups in total. The second-order valence-electron chi connectivity index (χ2n) is 4.89. The molecule has 7 heteroatoms. The zero-order valence-electron chi connectivity index (χ0n) is 11.4. The quantitative estimate of drug-likeness (QED) is 0.884. The molecule has 1 atom stereocenters. The number of aliphatic hydroxyl groups excluding tert-OH is 1. The van der Waals surface area contributed by atoms with E-state index in [2.05, 4.69) is 5.10 Å². The number of aryl methyl sites for hydroxylation is 2. The third-order valence-corrected chi connectivity index (χ3v) is 3.13. The van der Waals surface area contributed by atoms with E-state index in [4.69, 9.17) is 0 Å². The first-order valence-electron chi connectivity index (χ1n) is 6.22. The van der Waals surface area contributed by atoms with Crippen molar-refractivity contribution in [3.8, 4) is 0 Å². The van der Waals surface area contributed by atoms with Crippen LogP contribution in [0.15, 0.2) is 24.3 Å². The van der Waals surface area contributed by atoms with Gasteiger partial charge in [0.2, 0.25) is 0 Å². The standard InChI is InChI=1S/C14H14F4N2O/c1-8-3-12(20(2)19-8)7-13(21)9-4-10(14(16,17)18)6-11(15)5-9/h3-6,13,21H,7H2,1-2H3. The van der Waals surface area contributed by atoms with Gasteiger partial charge in [-0.25, -0.2) is 4.39 Å². The Morgan fingerprint density at radius 3 is 2.43 bits per heavy atom. The smallest absolute Gasteiger partial charge is 0.388 e. The van der Waals surface area contributed by atoms with Crippen LogP contribution in [0, 0.1) is 12.7 Å². The van der Waals surface area contributed by atoms with Crippen LogP contribution in [0.2, 0.25) is 0 Å². The van der Waals surface area contributed by atoms with Gasteiger partial charge in [0.05, 0.1) is 17.4 Å². The minimum atomic E-state index is -4.65. The third-order valence-electron chi connectivity index (χ3n) is 3.13. The predicted octanol–water partition coefficient (Wildman–Crippen LogP) is 3.16.